The number of carboxylic acid groups (broad SMARTS) is 1. The van der Waals surface area contributed by atoms with Crippen molar-refractivity contribution in [3.8, 4) is 0 Å². The average Bonchev–Trinajstić information content (AvgIpc) is 2.81. The summed E-state index contributed by atoms with van der Waals surface area (Å²) in [5, 5.41) is 15.5. The molecule has 1 aromatic heterocycles. The Morgan fingerprint density at radius 2 is 2.20 bits per heavy atom. The van der Waals surface area contributed by atoms with Crippen molar-refractivity contribution in [3.63, 3.8) is 0 Å². The molecule has 0 bridgehead atoms. The Bertz CT molecular complexity index is 416. The van der Waals surface area contributed by atoms with Crippen LogP contribution in [0.4, 0.5) is 0 Å². The SMILES string of the molecule is CCCc1nc(CNCCC(C)(C)CCC(=O)O)cs1. The van der Waals surface area contributed by atoms with Crippen molar-refractivity contribution in [2.45, 2.75) is 59.4 Å². The molecular weight excluding hydrogens is 272 g/mol. The number of aromatic nitrogens is 1. The maximum absolute atomic E-state index is 10.6. The van der Waals surface area contributed by atoms with Crippen molar-refractivity contribution in [2.24, 2.45) is 5.41 Å². The molecule has 0 aromatic carbocycles. The van der Waals surface area contributed by atoms with Crippen LogP contribution in [0.2, 0.25) is 0 Å². The molecule has 1 aromatic rings. The summed E-state index contributed by atoms with van der Waals surface area (Å²) in [5.41, 5.74) is 1.18. The molecule has 0 radical (unpaired) electrons. The largest absolute Gasteiger partial charge is 0.481 e. The molecular formula is C15H26N2O2S. The van der Waals surface area contributed by atoms with Crippen molar-refractivity contribution in [1.82, 2.24) is 10.3 Å². The van der Waals surface area contributed by atoms with Gasteiger partial charge in [-0.1, -0.05) is 20.8 Å². The molecule has 0 spiro atoms. The molecule has 20 heavy (non-hydrogen) atoms. The first kappa shape index (κ1) is 17.1. The van der Waals surface area contributed by atoms with Crippen LogP contribution in [-0.4, -0.2) is 22.6 Å². The van der Waals surface area contributed by atoms with E-state index in [-0.39, 0.29) is 11.8 Å². The minimum absolute atomic E-state index is 0.0703. The Hall–Kier alpha value is -0.940. The van der Waals surface area contributed by atoms with Gasteiger partial charge in [-0.2, -0.15) is 0 Å². The molecule has 5 heteroatoms. The Kier molecular flexibility index (Phi) is 7.16. The number of rotatable bonds is 10. The molecule has 0 aliphatic rings. The van der Waals surface area contributed by atoms with E-state index in [2.05, 4.69) is 36.5 Å². The summed E-state index contributed by atoms with van der Waals surface area (Å²) >= 11 is 1.73. The Labute approximate surface area is 125 Å². The first-order valence-electron chi connectivity index (χ1n) is 7.29. The molecule has 0 atom stereocenters. The number of aliphatic carboxylic acids is 1. The second kappa shape index (κ2) is 8.37. The number of hydrogen-bond donors (Lipinski definition) is 2. The highest BCUT2D eigenvalue weighted by molar-refractivity contribution is 7.09. The van der Waals surface area contributed by atoms with Gasteiger partial charge in [0, 0.05) is 18.3 Å². The van der Waals surface area contributed by atoms with E-state index in [1.165, 1.54) is 5.01 Å². The van der Waals surface area contributed by atoms with Crippen LogP contribution in [-0.2, 0) is 17.8 Å². The molecule has 0 saturated heterocycles. The van der Waals surface area contributed by atoms with Gasteiger partial charge >= 0.3 is 5.97 Å². The van der Waals surface area contributed by atoms with Crippen LogP contribution in [0.3, 0.4) is 0 Å². The second-order valence-corrected chi connectivity index (χ2v) is 6.91. The number of thiazole rings is 1. The van der Waals surface area contributed by atoms with E-state index in [0.29, 0.717) is 0 Å². The lowest BCUT2D eigenvalue weighted by Crippen LogP contribution is -2.23. The lowest BCUT2D eigenvalue weighted by atomic mass is 9.84. The van der Waals surface area contributed by atoms with Crippen molar-refractivity contribution in [2.75, 3.05) is 6.54 Å². The van der Waals surface area contributed by atoms with E-state index < -0.39 is 5.97 Å². The van der Waals surface area contributed by atoms with E-state index in [1.54, 1.807) is 11.3 Å². The highest BCUT2D eigenvalue weighted by Crippen LogP contribution is 2.26. The minimum Gasteiger partial charge on any atom is -0.481 e. The zero-order valence-corrected chi connectivity index (χ0v) is 13.6. The van der Waals surface area contributed by atoms with Crippen LogP contribution in [0.15, 0.2) is 5.38 Å². The lowest BCUT2D eigenvalue weighted by molar-refractivity contribution is -0.137. The fraction of sp³-hybridized carbons (Fsp3) is 0.733. The number of nitrogens with zero attached hydrogens (tertiary/aromatic N) is 1. The van der Waals surface area contributed by atoms with Gasteiger partial charge in [0.15, 0.2) is 0 Å². The van der Waals surface area contributed by atoms with Gasteiger partial charge in [-0.15, -0.1) is 11.3 Å². The third kappa shape index (κ3) is 7.01. The fourth-order valence-corrected chi connectivity index (χ4v) is 2.87. The lowest BCUT2D eigenvalue weighted by Gasteiger charge is -2.23. The summed E-state index contributed by atoms with van der Waals surface area (Å²) in [6, 6.07) is 0. The smallest absolute Gasteiger partial charge is 0.303 e. The van der Waals surface area contributed by atoms with Gasteiger partial charge in [0.25, 0.3) is 0 Å². The molecule has 4 nitrogen and oxygen atoms in total. The normalized spacial score (nSPS) is 11.8. The van der Waals surface area contributed by atoms with E-state index in [0.717, 1.165) is 44.5 Å². The highest BCUT2D eigenvalue weighted by atomic mass is 32.1. The molecule has 0 amide bonds. The molecule has 0 saturated carbocycles. The summed E-state index contributed by atoms with van der Waals surface area (Å²) in [7, 11) is 0. The number of carbonyl (C=O) groups is 1. The summed E-state index contributed by atoms with van der Waals surface area (Å²) in [4.78, 5) is 15.2. The Morgan fingerprint density at radius 1 is 1.45 bits per heavy atom. The fourth-order valence-electron chi connectivity index (χ4n) is 1.97. The zero-order valence-electron chi connectivity index (χ0n) is 12.7. The second-order valence-electron chi connectivity index (χ2n) is 5.97. The van der Waals surface area contributed by atoms with Gasteiger partial charge in [-0.25, -0.2) is 4.98 Å². The van der Waals surface area contributed by atoms with Gasteiger partial charge in [-0.3, -0.25) is 4.79 Å². The van der Waals surface area contributed by atoms with Crippen LogP contribution < -0.4 is 5.32 Å². The van der Waals surface area contributed by atoms with E-state index in [4.69, 9.17) is 5.11 Å². The van der Waals surface area contributed by atoms with Gasteiger partial charge in [0.2, 0.25) is 0 Å². The number of aryl methyl sites for hydroxylation is 1. The van der Waals surface area contributed by atoms with Crippen LogP contribution in [0, 0.1) is 5.41 Å². The quantitative estimate of drug-likeness (QED) is 0.649. The summed E-state index contributed by atoms with van der Waals surface area (Å²) in [6.07, 6.45) is 4.15. The van der Waals surface area contributed by atoms with Crippen molar-refractivity contribution in [1.29, 1.82) is 0 Å². The molecule has 1 heterocycles. The molecule has 0 aliphatic heterocycles. The van der Waals surface area contributed by atoms with E-state index in [9.17, 15) is 4.79 Å². The third-order valence-electron chi connectivity index (χ3n) is 3.36. The number of hydrogen-bond acceptors (Lipinski definition) is 4. The van der Waals surface area contributed by atoms with E-state index in [1.807, 2.05) is 0 Å². The van der Waals surface area contributed by atoms with Crippen LogP contribution in [0.1, 0.15) is 57.2 Å². The first-order chi connectivity index (χ1) is 9.43. The molecule has 0 aliphatic carbocycles. The molecule has 0 unspecified atom stereocenters. The molecule has 2 N–H and O–H groups in total. The molecule has 1 rings (SSSR count). The average molecular weight is 298 g/mol. The van der Waals surface area contributed by atoms with Gasteiger partial charge < -0.3 is 10.4 Å². The van der Waals surface area contributed by atoms with Crippen LogP contribution in [0.5, 0.6) is 0 Å². The topological polar surface area (TPSA) is 62.2 Å². The maximum atomic E-state index is 10.6. The van der Waals surface area contributed by atoms with E-state index >= 15 is 0 Å². The minimum atomic E-state index is -0.711. The number of carboxylic acids is 1. The van der Waals surface area contributed by atoms with Crippen molar-refractivity contribution >= 4 is 17.3 Å². The monoisotopic (exact) mass is 298 g/mol. The summed E-state index contributed by atoms with van der Waals surface area (Å²) < 4.78 is 0. The highest BCUT2D eigenvalue weighted by Gasteiger charge is 2.18. The Balaban J connectivity index is 2.21. The van der Waals surface area contributed by atoms with Crippen LogP contribution in [0.25, 0.3) is 0 Å². The molecule has 114 valence electrons. The Morgan fingerprint density at radius 3 is 2.85 bits per heavy atom. The standard InChI is InChI=1S/C15H26N2O2S/c1-4-5-13-17-12(11-20-13)10-16-9-8-15(2,3)7-6-14(18)19/h11,16H,4-10H2,1-3H3,(H,18,19). The summed E-state index contributed by atoms with van der Waals surface area (Å²) in [5.74, 6) is -0.711. The van der Waals surface area contributed by atoms with Crippen molar-refractivity contribution < 1.29 is 9.90 Å². The van der Waals surface area contributed by atoms with Gasteiger partial charge in [0.1, 0.15) is 0 Å². The predicted molar refractivity (Wildman–Crippen MR) is 83.1 cm³/mol. The summed E-state index contributed by atoms with van der Waals surface area (Å²) in [6.45, 7) is 8.11. The van der Waals surface area contributed by atoms with Crippen LogP contribution >= 0.6 is 11.3 Å². The maximum Gasteiger partial charge on any atom is 0.303 e. The number of nitrogens with one attached hydrogen (secondary N) is 1. The zero-order chi connectivity index (χ0) is 15.0. The van der Waals surface area contributed by atoms with Gasteiger partial charge in [-0.05, 0) is 37.6 Å². The van der Waals surface area contributed by atoms with Crippen molar-refractivity contribution in [3.05, 3.63) is 16.1 Å². The van der Waals surface area contributed by atoms with Gasteiger partial charge in [0.05, 0.1) is 10.7 Å². The first-order valence-corrected chi connectivity index (χ1v) is 8.17. The molecule has 0 fully saturated rings. The third-order valence-corrected chi connectivity index (χ3v) is 4.32. The predicted octanol–water partition coefficient (Wildman–Crippen LogP) is 3.47.